The van der Waals surface area contributed by atoms with Crippen molar-refractivity contribution in [3.63, 3.8) is 0 Å². The Morgan fingerprint density at radius 1 is 1.05 bits per heavy atom. The maximum atomic E-state index is 13.0. The second-order valence-electron chi connectivity index (χ2n) is 4.44. The van der Waals surface area contributed by atoms with Gasteiger partial charge in [-0.25, -0.2) is 0 Å². The standard InChI is InChI=1S/C10H13BF4NO2S/c1-5-8(4-19(15,17)18)6(2)10(16)7(3)9(5)11(12,13)14/h4,16H2,1-3H3/q-1. The number of nitrogens with two attached hydrogens (primary N) is 1. The lowest BCUT2D eigenvalue weighted by Crippen LogP contribution is -2.40. The summed E-state index contributed by atoms with van der Waals surface area (Å²) >= 11 is 0. The monoisotopic (exact) mass is 298 g/mol. The molecular formula is C10H13BF4NO2S-. The lowest BCUT2D eigenvalue weighted by atomic mass is 9.71. The van der Waals surface area contributed by atoms with E-state index in [0.29, 0.717) is 0 Å². The molecule has 0 bridgehead atoms. The van der Waals surface area contributed by atoms with Crippen LogP contribution in [0.5, 0.6) is 0 Å². The van der Waals surface area contributed by atoms with Gasteiger partial charge in [-0.2, -0.15) is 8.42 Å². The molecule has 0 saturated carbocycles. The fourth-order valence-electron chi connectivity index (χ4n) is 2.19. The molecule has 108 valence electrons. The summed E-state index contributed by atoms with van der Waals surface area (Å²) < 4.78 is 73.1. The van der Waals surface area contributed by atoms with Crippen LogP contribution in [-0.2, 0) is 16.0 Å². The highest BCUT2D eigenvalue weighted by atomic mass is 32.3. The molecule has 0 fully saturated rings. The van der Waals surface area contributed by atoms with Gasteiger partial charge in [0.15, 0.2) is 0 Å². The van der Waals surface area contributed by atoms with Crippen LogP contribution < -0.4 is 11.2 Å². The van der Waals surface area contributed by atoms with E-state index in [2.05, 4.69) is 0 Å². The second-order valence-corrected chi connectivity index (χ2v) is 5.81. The number of halogens is 4. The van der Waals surface area contributed by atoms with E-state index in [1.165, 1.54) is 13.8 Å². The third-order valence-electron chi connectivity index (χ3n) is 3.17. The number of hydrogen-bond donors (Lipinski definition) is 1. The van der Waals surface area contributed by atoms with E-state index in [4.69, 9.17) is 5.73 Å². The van der Waals surface area contributed by atoms with Gasteiger partial charge in [-0.05, 0) is 31.9 Å². The Kier molecular flexibility index (Phi) is 3.91. The predicted octanol–water partition coefficient (Wildman–Crippen LogP) is 2.05. The minimum atomic E-state index is -5.35. The first-order valence-electron chi connectivity index (χ1n) is 5.36. The van der Waals surface area contributed by atoms with Crippen molar-refractivity contribution in [1.29, 1.82) is 0 Å². The third kappa shape index (κ3) is 3.20. The van der Waals surface area contributed by atoms with Gasteiger partial charge in [0.1, 0.15) is 5.75 Å². The van der Waals surface area contributed by atoms with Crippen LogP contribution in [0.25, 0.3) is 0 Å². The molecule has 0 amide bonds. The first kappa shape index (κ1) is 15.8. The van der Waals surface area contributed by atoms with Crippen LogP contribution in [0.2, 0.25) is 0 Å². The molecule has 0 atom stereocenters. The molecule has 0 aliphatic rings. The minimum Gasteiger partial charge on any atom is -0.445 e. The lowest BCUT2D eigenvalue weighted by molar-refractivity contribution is 0.499. The molecule has 19 heavy (non-hydrogen) atoms. The molecule has 0 unspecified atom stereocenters. The molecule has 0 radical (unpaired) electrons. The maximum absolute atomic E-state index is 13.0. The van der Waals surface area contributed by atoms with Gasteiger partial charge < -0.3 is 18.7 Å². The van der Waals surface area contributed by atoms with E-state index in [1.807, 2.05) is 0 Å². The Hall–Kier alpha value is -1.25. The summed E-state index contributed by atoms with van der Waals surface area (Å²) in [7, 11) is -4.93. The maximum Gasteiger partial charge on any atom is 0.510 e. The molecule has 2 N–H and O–H groups in total. The van der Waals surface area contributed by atoms with Crippen LogP contribution in [-0.4, -0.2) is 15.4 Å². The average Bonchev–Trinajstić information content (AvgIpc) is 2.18. The fourth-order valence-corrected chi connectivity index (χ4v) is 2.97. The average molecular weight is 298 g/mol. The van der Waals surface area contributed by atoms with E-state index in [0.717, 1.165) is 6.92 Å². The first-order chi connectivity index (χ1) is 8.36. The van der Waals surface area contributed by atoms with Crippen LogP contribution in [0.1, 0.15) is 22.3 Å². The molecule has 0 heterocycles. The zero-order valence-electron chi connectivity index (χ0n) is 10.6. The molecule has 0 aliphatic heterocycles. The van der Waals surface area contributed by atoms with Gasteiger partial charge in [-0.1, -0.05) is 11.1 Å². The predicted molar refractivity (Wildman–Crippen MR) is 67.5 cm³/mol. The second kappa shape index (κ2) is 4.70. The lowest BCUT2D eigenvalue weighted by Gasteiger charge is -2.26. The van der Waals surface area contributed by atoms with Crippen molar-refractivity contribution in [2.75, 3.05) is 5.73 Å². The summed E-state index contributed by atoms with van der Waals surface area (Å²) in [6.45, 7) is -1.63. The van der Waals surface area contributed by atoms with E-state index in [-0.39, 0.29) is 27.9 Å². The highest BCUT2D eigenvalue weighted by Crippen LogP contribution is 2.28. The molecule has 0 spiro atoms. The molecule has 1 rings (SSSR count). The van der Waals surface area contributed by atoms with Gasteiger partial charge in [0.05, 0.1) is 0 Å². The largest absolute Gasteiger partial charge is 0.510 e. The summed E-state index contributed by atoms with van der Waals surface area (Å²) in [6.07, 6.45) is 0. The van der Waals surface area contributed by atoms with Gasteiger partial charge in [0.2, 0.25) is 0 Å². The van der Waals surface area contributed by atoms with Gasteiger partial charge >= 0.3 is 17.2 Å². The molecule has 0 aromatic heterocycles. The molecule has 3 nitrogen and oxygen atoms in total. The van der Waals surface area contributed by atoms with Gasteiger partial charge in [0, 0.05) is 5.69 Å². The van der Waals surface area contributed by atoms with Gasteiger partial charge in [-0.15, -0.1) is 9.35 Å². The van der Waals surface area contributed by atoms with Crippen molar-refractivity contribution in [2.24, 2.45) is 0 Å². The summed E-state index contributed by atoms with van der Waals surface area (Å²) in [6, 6.07) is 0. The van der Waals surface area contributed by atoms with Crippen molar-refractivity contribution in [3.8, 4) is 0 Å². The quantitative estimate of drug-likeness (QED) is 0.402. The number of rotatable bonds is 3. The molecular weight excluding hydrogens is 285 g/mol. The van der Waals surface area contributed by atoms with E-state index in [1.54, 1.807) is 0 Å². The first-order valence-corrected chi connectivity index (χ1v) is 6.91. The Morgan fingerprint density at radius 2 is 1.53 bits per heavy atom. The van der Waals surface area contributed by atoms with Crippen molar-refractivity contribution >= 4 is 28.4 Å². The summed E-state index contributed by atoms with van der Waals surface area (Å²) in [5, 5.41) is 0. The van der Waals surface area contributed by atoms with E-state index >= 15 is 0 Å². The SMILES string of the molecule is Cc1c(N)c(C)c([B-](F)(F)F)c(C)c1CS(=O)(=O)F. The molecule has 1 aromatic rings. The normalized spacial score (nSPS) is 12.8. The van der Waals surface area contributed by atoms with Crippen LogP contribution in [0.4, 0.5) is 22.5 Å². The summed E-state index contributed by atoms with van der Waals surface area (Å²) in [5.74, 6) is -1.10. The van der Waals surface area contributed by atoms with E-state index < -0.39 is 28.4 Å². The Balaban J connectivity index is 3.72. The Labute approximate surface area is 109 Å². The zero-order chi connectivity index (χ0) is 15.2. The summed E-state index contributed by atoms with van der Waals surface area (Å²) in [5.41, 5.74) is 3.98. The van der Waals surface area contributed by atoms with Gasteiger partial charge in [0.25, 0.3) is 0 Å². The van der Waals surface area contributed by atoms with Crippen molar-refractivity contribution in [3.05, 3.63) is 22.3 Å². The number of benzene rings is 1. The molecule has 0 aliphatic carbocycles. The van der Waals surface area contributed by atoms with Crippen molar-refractivity contribution in [1.82, 2.24) is 0 Å². The minimum absolute atomic E-state index is 0.150. The Bertz CT molecular complexity index is 626. The van der Waals surface area contributed by atoms with Crippen LogP contribution in [0.3, 0.4) is 0 Å². The third-order valence-corrected chi connectivity index (χ3v) is 3.80. The fraction of sp³-hybridized carbons (Fsp3) is 0.400. The van der Waals surface area contributed by atoms with Crippen molar-refractivity contribution in [2.45, 2.75) is 26.5 Å². The van der Waals surface area contributed by atoms with Crippen LogP contribution >= 0.6 is 0 Å². The molecule has 9 heteroatoms. The van der Waals surface area contributed by atoms with Crippen molar-refractivity contribution < 1.29 is 25.3 Å². The topological polar surface area (TPSA) is 60.2 Å². The van der Waals surface area contributed by atoms with E-state index in [9.17, 15) is 25.3 Å². The van der Waals surface area contributed by atoms with Crippen LogP contribution in [0, 0.1) is 20.8 Å². The van der Waals surface area contributed by atoms with Gasteiger partial charge in [-0.3, -0.25) is 0 Å². The molecule has 1 aromatic carbocycles. The number of anilines is 1. The highest BCUT2D eigenvalue weighted by Gasteiger charge is 2.32. The number of nitrogen functional groups attached to an aromatic ring is 1. The van der Waals surface area contributed by atoms with Crippen LogP contribution in [0.15, 0.2) is 0 Å². The number of hydrogen-bond acceptors (Lipinski definition) is 3. The summed E-state index contributed by atoms with van der Waals surface area (Å²) in [4.78, 5) is 0. The highest BCUT2D eigenvalue weighted by molar-refractivity contribution is 7.85. The molecule has 0 saturated heterocycles. The zero-order valence-corrected chi connectivity index (χ0v) is 11.4. The smallest absolute Gasteiger partial charge is 0.445 e. The Morgan fingerprint density at radius 3 is 1.89 bits per heavy atom.